The monoisotopic (exact) mass is 766 g/mol. The Labute approximate surface area is 324 Å². The van der Waals surface area contributed by atoms with Crippen molar-refractivity contribution in [1.82, 2.24) is 0 Å². The SMILES string of the molecule is CC/C=C\C/C=C\C/C=C\C/C=C\C/C=C\CCCC(=O)O[C@H](COC(=O)CCCCCCCCCCCCCC)COP(=O)([O-])OCC[N+](C)(C)C. The number of phosphoric ester groups is 1. The van der Waals surface area contributed by atoms with E-state index < -0.39 is 32.5 Å². The van der Waals surface area contributed by atoms with E-state index in [0.717, 1.165) is 51.4 Å². The topological polar surface area (TPSA) is 111 Å². The number of phosphoric acid groups is 1. The molecule has 1 unspecified atom stereocenters. The number of nitrogens with zero attached hydrogens (tertiary/aromatic N) is 1. The molecule has 0 aliphatic carbocycles. The number of hydrogen-bond acceptors (Lipinski definition) is 8. The zero-order chi connectivity index (χ0) is 39.3. The van der Waals surface area contributed by atoms with Crippen LogP contribution in [0.1, 0.15) is 149 Å². The van der Waals surface area contributed by atoms with Gasteiger partial charge in [0, 0.05) is 12.8 Å². The smallest absolute Gasteiger partial charge is 0.306 e. The van der Waals surface area contributed by atoms with Crippen molar-refractivity contribution in [2.24, 2.45) is 0 Å². The van der Waals surface area contributed by atoms with Crippen LogP contribution in [0.15, 0.2) is 60.8 Å². The maximum Gasteiger partial charge on any atom is 0.306 e. The molecule has 0 fully saturated rings. The van der Waals surface area contributed by atoms with E-state index in [-0.39, 0.29) is 26.1 Å². The number of unbranched alkanes of at least 4 members (excludes halogenated alkanes) is 12. The summed E-state index contributed by atoms with van der Waals surface area (Å²) in [6, 6.07) is 0. The fraction of sp³-hybridized carbons (Fsp3) is 0.721. The molecule has 0 amide bonds. The van der Waals surface area contributed by atoms with Gasteiger partial charge in [0.1, 0.15) is 19.8 Å². The normalized spacial score (nSPS) is 14.3. The number of likely N-dealkylation sites (N-methyl/N-ethyl adjacent to an activating group) is 1. The first-order valence-electron chi connectivity index (χ1n) is 20.5. The van der Waals surface area contributed by atoms with Crippen LogP contribution < -0.4 is 4.89 Å². The maximum atomic E-state index is 12.6. The van der Waals surface area contributed by atoms with Gasteiger partial charge in [0.15, 0.2) is 6.10 Å². The number of ether oxygens (including phenoxy) is 2. The molecule has 10 heteroatoms. The molecule has 0 aliphatic heterocycles. The predicted molar refractivity (Wildman–Crippen MR) is 217 cm³/mol. The summed E-state index contributed by atoms with van der Waals surface area (Å²) < 4.78 is 33.7. The first kappa shape index (κ1) is 50.7. The van der Waals surface area contributed by atoms with E-state index in [2.05, 4.69) is 68.5 Å². The van der Waals surface area contributed by atoms with Crippen molar-refractivity contribution in [1.29, 1.82) is 0 Å². The Balaban J connectivity index is 4.52. The van der Waals surface area contributed by atoms with Crippen molar-refractivity contribution < 1.29 is 42.1 Å². The van der Waals surface area contributed by atoms with Crippen molar-refractivity contribution in [3.05, 3.63) is 60.8 Å². The molecule has 0 N–H and O–H groups in total. The second-order valence-corrected chi connectivity index (χ2v) is 16.0. The van der Waals surface area contributed by atoms with Gasteiger partial charge in [-0.25, -0.2) is 0 Å². The first-order chi connectivity index (χ1) is 25.5. The third-order valence-corrected chi connectivity index (χ3v) is 9.27. The molecule has 0 bridgehead atoms. The zero-order valence-corrected chi connectivity index (χ0v) is 35.1. The summed E-state index contributed by atoms with van der Waals surface area (Å²) in [7, 11) is 1.12. The molecule has 306 valence electrons. The standard InChI is InChI=1S/C43H76NO8P/c1-6-8-10-12-14-16-18-20-21-22-23-24-26-28-30-32-34-36-43(46)52-41(40-51-53(47,48)50-38-37-44(3,4)5)39-49-42(45)35-33-31-29-27-25-19-17-15-13-11-9-7-2/h8,10,14,16,20-21,23-24,28,30,41H,6-7,9,11-13,15,17-19,22,25-27,29,31-40H2,1-5H3/b10-8-,16-14-,21-20-,24-23-,30-28-/t41-/m1/s1. The number of allylic oxidation sites excluding steroid dienone is 10. The minimum atomic E-state index is -4.64. The molecule has 0 rings (SSSR count). The van der Waals surface area contributed by atoms with Crippen LogP contribution in [-0.2, 0) is 32.7 Å². The van der Waals surface area contributed by atoms with Gasteiger partial charge in [0.25, 0.3) is 7.82 Å². The van der Waals surface area contributed by atoms with Crippen LogP contribution in [0, 0.1) is 0 Å². The molecule has 0 aliphatic rings. The molecule has 53 heavy (non-hydrogen) atoms. The van der Waals surface area contributed by atoms with Crippen molar-refractivity contribution in [2.45, 2.75) is 155 Å². The minimum Gasteiger partial charge on any atom is -0.756 e. The lowest BCUT2D eigenvalue weighted by atomic mass is 10.0. The van der Waals surface area contributed by atoms with Crippen molar-refractivity contribution in [2.75, 3.05) is 47.5 Å². The van der Waals surface area contributed by atoms with E-state index in [1.807, 2.05) is 27.2 Å². The summed E-state index contributed by atoms with van der Waals surface area (Å²) in [5.74, 6) is -0.907. The van der Waals surface area contributed by atoms with Crippen LogP contribution in [0.5, 0.6) is 0 Å². The maximum absolute atomic E-state index is 12.6. The molecular weight excluding hydrogens is 689 g/mol. The van der Waals surface area contributed by atoms with E-state index in [1.165, 1.54) is 57.8 Å². The Morgan fingerprint density at radius 2 is 1.08 bits per heavy atom. The number of carbonyl (C=O) groups excluding carboxylic acids is 2. The van der Waals surface area contributed by atoms with Gasteiger partial charge < -0.3 is 27.9 Å². The fourth-order valence-electron chi connectivity index (χ4n) is 5.10. The summed E-state index contributed by atoms with van der Waals surface area (Å²) in [5, 5.41) is 0. The van der Waals surface area contributed by atoms with Gasteiger partial charge in [0.05, 0.1) is 27.7 Å². The Morgan fingerprint density at radius 3 is 1.58 bits per heavy atom. The molecule has 2 atom stereocenters. The highest BCUT2D eigenvalue weighted by atomic mass is 31.2. The molecule has 0 spiro atoms. The highest BCUT2D eigenvalue weighted by Crippen LogP contribution is 2.38. The average molecular weight is 766 g/mol. The Morgan fingerprint density at radius 1 is 0.604 bits per heavy atom. The van der Waals surface area contributed by atoms with Crippen LogP contribution in [0.25, 0.3) is 0 Å². The van der Waals surface area contributed by atoms with Gasteiger partial charge in [-0.05, 0) is 51.4 Å². The van der Waals surface area contributed by atoms with Crippen molar-refractivity contribution in [3.63, 3.8) is 0 Å². The Kier molecular flexibility index (Phi) is 33.9. The van der Waals surface area contributed by atoms with Crippen LogP contribution in [-0.4, -0.2) is 70.0 Å². The lowest BCUT2D eigenvalue weighted by Crippen LogP contribution is -2.37. The highest BCUT2D eigenvalue weighted by Gasteiger charge is 2.21. The predicted octanol–water partition coefficient (Wildman–Crippen LogP) is 10.7. The van der Waals surface area contributed by atoms with Gasteiger partial charge in [-0.15, -0.1) is 0 Å². The Bertz CT molecular complexity index is 1090. The number of esters is 2. The number of quaternary nitrogens is 1. The number of hydrogen-bond donors (Lipinski definition) is 0. The molecule has 0 aromatic carbocycles. The van der Waals surface area contributed by atoms with Gasteiger partial charge in [-0.2, -0.15) is 0 Å². The summed E-state index contributed by atoms with van der Waals surface area (Å²) in [6.07, 6.45) is 41.1. The third kappa shape index (κ3) is 39.2. The largest absolute Gasteiger partial charge is 0.756 e. The molecule has 0 saturated carbocycles. The molecule has 9 nitrogen and oxygen atoms in total. The van der Waals surface area contributed by atoms with E-state index >= 15 is 0 Å². The molecular formula is C43H76NO8P. The van der Waals surface area contributed by atoms with Crippen LogP contribution in [0.3, 0.4) is 0 Å². The van der Waals surface area contributed by atoms with Crippen molar-refractivity contribution >= 4 is 19.8 Å². The van der Waals surface area contributed by atoms with Crippen LogP contribution in [0.4, 0.5) is 0 Å². The first-order valence-corrected chi connectivity index (χ1v) is 22.0. The zero-order valence-electron chi connectivity index (χ0n) is 34.2. The van der Waals surface area contributed by atoms with Crippen molar-refractivity contribution in [3.8, 4) is 0 Å². The van der Waals surface area contributed by atoms with Crippen LogP contribution in [0.2, 0.25) is 0 Å². The second-order valence-electron chi connectivity index (χ2n) is 14.6. The summed E-state index contributed by atoms with van der Waals surface area (Å²) in [4.78, 5) is 37.4. The summed E-state index contributed by atoms with van der Waals surface area (Å²) >= 11 is 0. The minimum absolute atomic E-state index is 0.0431. The van der Waals surface area contributed by atoms with Crippen LogP contribution >= 0.6 is 7.82 Å². The second kappa shape index (κ2) is 35.4. The molecule has 0 aromatic heterocycles. The lowest BCUT2D eigenvalue weighted by molar-refractivity contribution is -0.870. The average Bonchev–Trinajstić information content (AvgIpc) is 3.10. The van der Waals surface area contributed by atoms with E-state index in [1.54, 1.807) is 0 Å². The van der Waals surface area contributed by atoms with Gasteiger partial charge in [-0.3, -0.25) is 14.2 Å². The quantitative estimate of drug-likeness (QED) is 0.0204. The lowest BCUT2D eigenvalue weighted by Gasteiger charge is -2.28. The highest BCUT2D eigenvalue weighted by molar-refractivity contribution is 7.45. The third-order valence-electron chi connectivity index (χ3n) is 8.30. The molecule has 0 saturated heterocycles. The molecule has 0 aromatic rings. The number of carbonyl (C=O) groups is 2. The summed E-state index contributed by atoms with van der Waals surface area (Å²) in [6.45, 7) is 4.02. The Hall–Kier alpha value is -2.29. The van der Waals surface area contributed by atoms with E-state index in [0.29, 0.717) is 23.9 Å². The van der Waals surface area contributed by atoms with E-state index in [4.69, 9.17) is 18.5 Å². The molecule has 0 heterocycles. The van der Waals surface area contributed by atoms with Gasteiger partial charge in [-0.1, -0.05) is 145 Å². The number of rotatable bonds is 36. The molecule has 0 radical (unpaired) electrons. The van der Waals surface area contributed by atoms with Gasteiger partial charge >= 0.3 is 11.9 Å². The van der Waals surface area contributed by atoms with Gasteiger partial charge in [0.2, 0.25) is 0 Å². The fourth-order valence-corrected chi connectivity index (χ4v) is 5.83. The van der Waals surface area contributed by atoms with E-state index in [9.17, 15) is 19.0 Å². The summed E-state index contributed by atoms with van der Waals surface area (Å²) in [5.41, 5.74) is 0.